The zero-order valence-electron chi connectivity index (χ0n) is 20.2. The molecule has 0 saturated heterocycles. The molecule has 0 amide bonds. The maximum absolute atomic E-state index is 14.7. The monoisotopic (exact) mass is 560 g/mol. The fourth-order valence-electron chi connectivity index (χ4n) is 4.17. The maximum atomic E-state index is 14.7. The highest BCUT2D eigenvalue weighted by molar-refractivity contribution is 6.15. The molecular formula is C28H4F4N8O2. The molecule has 0 aliphatic carbocycles. The van der Waals surface area contributed by atoms with Gasteiger partial charge in [-0.15, -0.1) is 0 Å². The van der Waals surface area contributed by atoms with Crippen molar-refractivity contribution < 1.29 is 26.4 Å². The fraction of sp³-hybridized carbons (Fsp3) is 0. The Bertz CT molecular complexity index is 2130. The van der Waals surface area contributed by atoms with E-state index in [1.54, 1.807) is 24.3 Å². The van der Waals surface area contributed by atoms with Crippen LogP contribution in [0, 0.1) is 91.3 Å². The summed E-state index contributed by atoms with van der Waals surface area (Å²) >= 11 is 0. The molecule has 42 heavy (non-hydrogen) atoms. The first kappa shape index (κ1) is 26.6. The number of nitriles is 6. The van der Waals surface area contributed by atoms with Crippen LogP contribution < -0.4 is 11.1 Å². The van der Waals surface area contributed by atoms with Gasteiger partial charge in [-0.2, -0.15) is 31.6 Å². The van der Waals surface area contributed by atoms with E-state index in [9.17, 15) is 38.6 Å². The minimum absolute atomic E-state index is 0.292. The molecule has 0 N–H and O–H groups in total. The summed E-state index contributed by atoms with van der Waals surface area (Å²) in [4.78, 5) is 8.24. The Labute approximate surface area is 229 Å². The lowest BCUT2D eigenvalue weighted by Crippen LogP contribution is -2.04. The van der Waals surface area contributed by atoms with Crippen molar-refractivity contribution in [1.82, 2.24) is 9.97 Å². The Morgan fingerprint density at radius 2 is 0.857 bits per heavy atom. The zero-order chi connectivity index (χ0) is 30.3. The van der Waals surface area contributed by atoms with Crippen molar-refractivity contribution in [3.05, 3.63) is 69.8 Å². The lowest BCUT2D eigenvalue weighted by molar-refractivity contribution is 0.559. The third-order valence-corrected chi connectivity index (χ3v) is 5.94. The van der Waals surface area contributed by atoms with E-state index in [0.717, 1.165) is 24.3 Å². The van der Waals surface area contributed by atoms with E-state index in [-0.39, 0.29) is 33.3 Å². The van der Waals surface area contributed by atoms with Crippen LogP contribution in [0.1, 0.15) is 11.1 Å². The van der Waals surface area contributed by atoms with Gasteiger partial charge in [0.25, 0.3) is 0 Å². The number of rotatable bonds is 2. The minimum Gasteiger partial charge on any atom is -0.434 e. The maximum Gasteiger partial charge on any atom is 0.249 e. The number of nitrogens with zero attached hydrogens (tertiary/aromatic N) is 8. The molecule has 5 rings (SSSR count). The topological polar surface area (TPSA) is 195 Å². The highest BCUT2D eigenvalue weighted by Crippen LogP contribution is 2.42. The number of hydrogen-bond acceptors (Lipinski definition) is 10. The second-order valence-electron chi connectivity index (χ2n) is 8.19. The molecule has 0 radical (unpaired) electrons. The molecule has 0 spiro atoms. The standard InChI is InChI=1S/C28H4F4N8O2/c29-17-1-11(2-18(30)15(17)9-37)21-23-26(42-27(39-23)13(5-33)6-34)22(12-3-19(31)16(10-38)20(32)4-12)24-25(21)41-28(40-24)14(7-35)8-36/h1-4H. The van der Waals surface area contributed by atoms with Gasteiger partial charge < -0.3 is 8.83 Å². The summed E-state index contributed by atoms with van der Waals surface area (Å²) in [7, 11) is 0. The van der Waals surface area contributed by atoms with Gasteiger partial charge in [-0.1, -0.05) is 0 Å². The van der Waals surface area contributed by atoms with Crippen molar-refractivity contribution >= 4 is 33.3 Å². The van der Waals surface area contributed by atoms with Crippen LogP contribution in [0.15, 0.2) is 33.1 Å². The number of fused-ring (bicyclic) bond motifs is 2. The fourth-order valence-corrected chi connectivity index (χ4v) is 4.17. The molecule has 3 aromatic carbocycles. The van der Waals surface area contributed by atoms with Gasteiger partial charge in [0, 0.05) is 0 Å². The minimum atomic E-state index is -1.29. The third kappa shape index (κ3) is 3.91. The van der Waals surface area contributed by atoms with Crippen LogP contribution in [-0.2, 0) is 0 Å². The summed E-state index contributed by atoms with van der Waals surface area (Å²) < 4.78 is 70.3. The number of aromatic nitrogens is 2. The van der Waals surface area contributed by atoms with Gasteiger partial charge in [0.2, 0.25) is 11.1 Å². The van der Waals surface area contributed by atoms with Crippen LogP contribution in [0.5, 0.6) is 0 Å². The summed E-state index contributed by atoms with van der Waals surface area (Å²) in [5.74, 6) is -5.17. The molecule has 2 heterocycles. The normalized spacial score (nSPS) is 10.2. The second-order valence-corrected chi connectivity index (χ2v) is 8.19. The lowest BCUT2D eigenvalue weighted by atomic mass is 9.95. The highest BCUT2D eigenvalue weighted by Gasteiger charge is 2.28. The van der Waals surface area contributed by atoms with E-state index in [1.165, 1.54) is 12.1 Å². The van der Waals surface area contributed by atoms with Crippen LogP contribution in [0.4, 0.5) is 17.6 Å². The van der Waals surface area contributed by atoms with Crippen molar-refractivity contribution in [2.75, 3.05) is 0 Å². The van der Waals surface area contributed by atoms with E-state index in [2.05, 4.69) is 9.97 Å². The molecule has 10 nitrogen and oxygen atoms in total. The van der Waals surface area contributed by atoms with Crippen LogP contribution in [0.2, 0.25) is 0 Å². The van der Waals surface area contributed by atoms with Crippen molar-refractivity contribution in [1.29, 1.82) is 31.6 Å². The smallest absolute Gasteiger partial charge is 0.249 e. The van der Waals surface area contributed by atoms with E-state index < -0.39 is 67.8 Å². The van der Waals surface area contributed by atoms with Crippen molar-refractivity contribution in [3.63, 3.8) is 0 Å². The summed E-state index contributed by atoms with van der Waals surface area (Å²) in [5.41, 5.74) is -7.03. The van der Waals surface area contributed by atoms with Gasteiger partial charge >= 0.3 is 0 Å². The molecule has 196 valence electrons. The zero-order valence-corrected chi connectivity index (χ0v) is 20.2. The Hall–Kier alpha value is -7.00. The van der Waals surface area contributed by atoms with Crippen LogP contribution in [-0.4, -0.2) is 9.97 Å². The molecule has 5 aromatic rings. The summed E-state index contributed by atoms with van der Waals surface area (Å²) in [6.07, 6.45) is 0. The summed E-state index contributed by atoms with van der Waals surface area (Å²) in [5, 5.41) is 55.7. The second kappa shape index (κ2) is 9.95. The predicted molar refractivity (Wildman–Crippen MR) is 130 cm³/mol. The van der Waals surface area contributed by atoms with Gasteiger partial charge in [0.05, 0.1) is 11.1 Å². The van der Waals surface area contributed by atoms with Gasteiger partial charge in [-0.3, -0.25) is 0 Å². The molecule has 0 fully saturated rings. The first-order chi connectivity index (χ1) is 20.2. The number of halogens is 4. The van der Waals surface area contributed by atoms with Gasteiger partial charge in [0.1, 0.15) is 81.8 Å². The molecule has 0 saturated carbocycles. The van der Waals surface area contributed by atoms with Crippen molar-refractivity contribution in [2.45, 2.75) is 0 Å². The first-order valence-electron chi connectivity index (χ1n) is 11.1. The van der Waals surface area contributed by atoms with Gasteiger partial charge in [0.15, 0.2) is 22.3 Å². The van der Waals surface area contributed by atoms with Crippen LogP contribution >= 0.6 is 0 Å². The molecule has 2 aromatic heterocycles. The number of hydrogen-bond donors (Lipinski definition) is 0. The van der Waals surface area contributed by atoms with Crippen LogP contribution in [0.25, 0.3) is 55.6 Å². The summed E-state index contributed by atoms with van der Waals surface area (Å²) in [6.45, 7) is 0. The van der Waals surface area contributed by atoms with Gasteiger partial charge in [-0.25, -0.2) is 27.5 Å². The highest BCUT2D eigenvalue weighted by atomic mass is 19.1. The molecule has 14 heteroatoms. The molecule has 0 aliphatic heterocycles. The molecule has 0 atom stereocenters. The molecule has 0 bridgehead atoms. The number of benzene rings is 3. The van der Waals surface area contributed by atoms with Crippen LogP contribution in [0.3, 0.4) is 0 Å². The molecule has 0 unspecified atom stereocenters. The Kier molecular flexibility index (Phi) is 6.30. The number of oxazole rings is 2. The first-order valence-corrected chi connectivity index (χ1v) is 11.1. The third-order valence-electron chi connectivity index (χ3n) is 5.94. The average molecular weight is 560 g/mol. The van der Waals surface area contributed by atoms with E-state index in [0.29, 0.717) is 0 Å². The van der Waals surface area contributed by atoms with Gasteiger partial charge in [-0.05, 0) is 35.4 Å². The predicted octanol–water partition coefficient (Wildman–Crippen LogP) is 4.00. The Morgan fingerprint density at radius 1 is 0.548 bits per heavy atom. The van der Waals surface area contributed by atoms with E-state index in [4.69, 9.17) is 19.4 Å². The molecule has 0 aliphatic rings. The largest absolute Gasteiger partial charge is 0.434 e. The quantitative estimate of drug-likeness (QED) is 0.285. The average Bonchev–Trinajstić information content (AvgIpc) is 3.57. The van der Waals surface area contributed by atoms with Crippen molar-refractivity contribution in [2.24, 2.45) is 0 Å². The lowest BCUT2D eigenvalue weighted by Gasteiger charge is -2.10. The van der Waals surface area contributed by atoms with E-state index in [1.807, 2.05) is 0 Å². The Balaban J connectivity index is 2.13. The van der Waals surface area contributed by atoms with E-state index >= 15 is 0 Å². The SMILES string of the molecule is N#CC(C#N)=c1nc2c(-c3cc(F)c(C#N)c(F)c3)c3oc(=C(C#N)C#N)nc3c(-c3cc(F)c(C#N)c(F)c3)c2o1. The summed E-state index contributed by atoms with van der Waals surface area (Å²) in [6, 6.07) is 12.0. The molecular weight excluding hydrogens is 556 g/mol. The Morgan fingerprint density at radius 3 is 1.12 bits per heavy atom. The van der Waals surface area contributed by atoms with Crippen molar-refractivity contribution in [3.8, 4) is 58.7 Å².